The lowest BCUT2D eigenvalue weighted by Gasteiger charge is -2.19. The van der Waals surface area contributed by atoms with Gasteiger partial charge in [0.2, 0.25) is 0 Å². The molecule has 0 unspecified atom stereocenters. The summed E-state index contributed by atoms with van der Waals surface area (Å²) >= 11 is 6.13. The Kier molecular flexibility index (Phi) is 3.69. The van der Waals surface area contributed by atoms with Gasteiger partial charge in [-0.25, -0.2) is 0 Å². The number of Topliss-reactive ketones (excluding diaryl/α,β-unsaturated/α-hetero) is 1. The first-order valence-corrected chi connectivity index (χ1v) is 6.29. The van der Waals surface area contributed by atoms with Crippen molar-refractivity contribution in [2.24, 2.45) is 5.73 Å². The molecule has 1 aliphatic carbocycles. The van der Waals surface area contributed by atoms with E-state index in [1.54, 1.807) is 6.07 Å². The molecular weight excluding hydrogens is 238 g/mol. The number of benzene rings is 1. The van der Waals surface area contributed by atoms with E-state index < -0.39 is 0 Å². The molecule has 2 rings (SSSR count). The third kappa shape index (κ3) is 2.31. The zero-order chi connectivity index (χ0) is 12.4. The van der Waals surface area contributed by atoms with Gasteiger partial charge >= 0.3 is 0 Å². The van der Waals surface area contributed by atoms with Crippen molar-refractivity contribution in [2.45, 2.75) is 32.1 Å². The Morgan fingerprint density at radius 2 is 2.12 bits per heavy atom. The Morgan fingerprint density at radius 3 is 2.82 bits per heavy atom. The predicted octanol–water partition coefficient (Wildman–Crippen LogP) is 2.46. The molecule has 4 heteroatoms. The van der Waals surface area contributed by atoms with E-state index >= 15 is 0 Å². The topological polar surface area (TPSA) is 63.3 Å². The number of phenols is 1. The maximum absolute atomic E-state index is 11.8. The highest BCUT2D eigenvalue weighted by Crippen LogP contribution is 2.37. The van der Waals surface area contributed by atoms with Crippen LogP contribution in [0.4, 0.5) is 0 Å². The molecule has 0 bridgehead atoms. The molecule has 0 atom stereocenters. The van der Waals surface area contributed by atoms with Crippen LogP contribution in [0.3, 0.4) is 0 Å². The average molecular weight is 254 g/mol. The van der Waals surface area contributed by atoms with Gasteiger partial charge in [0, 0.05) is 6.42 Å². The summed E-state index contributed by atoms with van der Waals surface area (Å²) in [4.78, 5) is 11.8. The average Bonchev–Trinajstić information content (AvgIpc) is 2.34. The fraction of sp³-hybridized carbons (Fsp3) is 0.462. The monoisotopic (exact) mass is 253 g/mol. The number of hydrogen-bond donors (Lipinski definition) is 2. The molecule has 1 aromatic rings. The number of aryl methyl sites for hydroxylation is 1. The van der Waals surface area contributed by atoms with Crippen molar-refractivity contribution in [2.75, 3.05) is 6.54 Å². The molecule has 0 radical (unpaired) electrons. The largest absolute Gasteiger partial charge is 0.506 e. The lowest BCUT2D eigenvalue weighted by Crippen LogP contribution is -2.11. The van der Waals surface area contributed by atoms with Gasteiger partial charge in [0.05, 0.1) is 10.6 Å². The molecule has 0 heterocycles. The van der Waals surface area contributed by atoms with Crippen LogP contribution < -0.4 is 5.73 Å². The van der Waals surface area contributed by atoms with Gasteiger partial charge in [-0.05, 0) is 49.4 Å². The minimum Gasteiger partial charge on any atom is -0.506 e. The van der Waals surface area contributed by atoms with Crippen molar-refractivity contribution in [3.63, 3.8) is 0 Å². The molecule has 0 saturated heterocycles. The predicted molar refractivity (Wildman–Crippen MR) is 67.8 cm³/mol. The maximum Gasteiger partial charge on any atom is 0.167 e. The molecule has 3 N–H and O–H groups in total. The number of carbonyl (C=O) groups excluding carboxylic acids is 1. The molecule has 0 amide bonds. The number of halogens is 1. The van der Waals surface area contributed by atoms with E-state index in [0.717, 1.165) is 36.8 Å². The van der Waals surface area contributed by atoms with E-state index in [9.17, 15) is 9.90 Å². The minimum atomic E-state index is -0.139. The molecular formula is C13H16ClNO2. The highest BCUT2D eigenvalue weighted by molar-refractivity contribution is 6.33. The second kappa shape index (κ2) is 5.07. The van der Waals surface area contributed by atoms with Crippen LogP contribution in [0.5, 0.6) is 5.75 Å². The van der Waals surface area contributed by atoms with Gasteiger partial charge in [-0.2, -0.15) is 0 Å². The summed E-state index contributed by atoms with van der Waals surface area (Å²) in [5.74, 6) is -0.217. The van der Waals surface area contributed by atoms with Gasteiger partial charge < -0.3 is 10.8 Å². The minimum absolute atomic E-state index is 0.0780. The van der Waals surface area contributed by atoms with Crippen LogP contribution in [0.15, 0.2) is 6.07 Å². The zero-order valence-electron chi connectivity index (χ0n) is 9.63. The van der Waals surface area contributed by atoms with Crippen molar-refractivity contribution < 1.29 is 9.90 Å². The van der Waals surface area contributed by atoms with Gasteiger partial charge in [-0.15, -0.1) is 0 Å². The number of nitrogens with two attached hydrogens (primary N) is 1. The summed E-state index contributed by atoms with van der Waals surface area (Å²) in [6.45, 7) is 0.285. The first-order chi connectivity index (χ1) is 8.15. The van der Waals surface area contributed by atoms with Crippen LogP contribution in [0.25, 0.3) is 0 Å². The second-order valence-electron chi connectivity index (χ2n) is 4.39. The smallest absolute Gasteiger partial charge is 0.167 e. The van der Waals surface area contributed by atoms with E-state index in [1.165, 1.54) is 0 Å². The Labute approximate surface area is 106 Å². The quantitative estimate of drug-likeness (QED) is 0.814. The molecule has 0 spiro atoms. The fourth-order valence-corrected chi connectivity index (χ4v) is 2.64. The van der Waals surface area contributed by atoms with Crippen LogP contribution in [-0.2, 0) is 12.8 Å². The van der Waals surface area contributed by atoms with Crippen molar-refractivity contribution in [3.05, 3.63) is 27.8 Å². The lowest BCUT2D eigenvalue weighted by molar-refractivity contribution is 0.0982. The highest BCUT2D eigenvalue weighted by Gasteiger charge is 2.21. The highest BCUT2D eigenvalue weighted by atomic mass is 35.5. The lowest BCUT2D eigenvalue weighted by atomic mass is 9.88. The van der Waals surface area contributed by atoms with Gasteiger partial charge in [0.25, 0.3) is 0 Å². The van der Waals surface area contributed by atoms with E-state index in [2.05, 4.69) is 0 Å². The van der Waals surface area contributed by atoms with Gasteiger partial charge in [0.1, 0.15) is 5.75 Å². The van der Waals surface area contributed by atoms with Crippen LogP contribution in [0, 0.1) is 0 Å². The first-order valence-electron chi connectivity index (χ1n) is 5.91. The summed E-state index contributed by atoms with van der Waals surface area (Å²) in [5, 5.41) is 10.3. The third-order valence-corrected chi connectivity index (χ3v) is 3.64. The Morgan fingerprint density at radius 1 is 1.41 bits per heavy atom. The Balaban J connectivity index is 2.47. The molecule has 17 heavy (non-hydrogen) atoms. The molecule has 0 aromatic heterocycles. The normalized spacial score (nSPS) is 14.5. The van der Waals surface area contributed by atoms with Crippen molar-refractivity contribution >= 4 is 17.4 Å². The molecule has 0 aliphatic heterocycles. The first kappa shape index (κ1) is 12.4. The summed E-state index contributed by atoms with van der Waals surface area (Å²) in [7, 11) is 0. The number of ketones is 1. The van der Waals surface area contributed by atoms with E-state index in [4.69, 9.17) is 17.3 Å². The summed E-state index contributed by atoms with van der Waals surface area (Å²) in [6.07, 6.45) is 4.24. The zero-order valence-corrected chi connectivity index (χ0v) is 10.4. The van der Waals surface area contributed by atoms with Gasteiger partial charge in [-0.1, -0.05) is 11.6 Å². The fourth-order valence-electron chi connectivity index (χ4n) is 2.32. The second-order valence-corrected chi connectivity index (χ2v) is 4.77. The molecule has 3 nitrogen and oxygen atoms in total. The van der Waals surface area contributed by atoms with E-state index in [0.29, 0.717) is 10.6 Å². The SMILES string of the molecule is NCCC(=O)c1cc2c(c(Cl)c1O)CCCC2. The molecule has 1 aromatic carbocycles. The number of carbonyl (C=O) groups is 1. The van der Waals surface area contributed by atoms with Gasteiger partial charge in [-0.3, -0.25) is 4.79 Å². The standard InChI is InChI=1S/C13H16ClNO2/c14-12-9-4-2-1-3-8(9)7-10(13(12)17)11(16)5-6-15/h7,17H,1-6,15H2. The van der Waals surface area contributed by atoms with Crippen molar-refractivity contribution in [1.82, 2.24) is 0 Å². The van der Waals surface area contributed by atoms with Crippen LogP contribution in [-0.4, -0.2) is 17.4 Å². The van der Waals surface area contributed by atoms with Crippen LogP contribution >= 0.6 is 11.6 Å². The van der Waals surface area contributed by atoms with Crippen molar-refractivity contribution in [1.29, 1.82) is 0 Å². The molecule has 0 saturated carbocycles. The number of fused-ring (bicyclic) bond motifs is 1. The number of rotatable bonds is 3. The molecule has 92 valence electrons. The number of phenolic OH excluding ortho intramolecular Hbond substituents is 1. The van der Waals surface area contributed by atoms with Gasteiger partial charge in [0.15, 0.2) is 5.78 Å². The van der Waals surface area contributed by atoms with Crippen molar-refractivity contribution in [3.8, 4) is 5.75 Å². The van der Waals surface area contributed by atoms with Crippen LogP contribution in [0.2, 0.25) is 5.02 Å². The van der Waals surface area contributed by atoms with Crippen LogP contribution in [0.1, 0.15) is 40.7 Å². The summed E-state index contributed by atoms with van der Waals surface area (Å²) in [6, 6.07) is 1.79. The molecule has 0 fully saturated rings. The maximum atomic E-state index is 11.8. The number of hydrogen-bond acceptors (Lipinski definition) is 3. The Bertz CT molecular complexity index is 457. The summed E-state index contributed by atoms with van der Waals surface area (Å²) < 4.78 is 0. The number of aromatic hydroxyl groups is 1. The third-order valence-electron chi connectivity index (χ3n) is 3.23. The van der Waals surface area contributed by atoms with E-state index in [1.807, 2.05) is 0 Å². The Hall–Kier alpha value is -1.06. The molecule has 1 aliphatic rings. The summed E-state index contributed by atoms with van der Waals surface area (Å²) in [5.41, 5.74) is 7.77. The van der Waals surface area contributed by atoms with E-state index in [-0.39, 0.29) is 24.5 Å².